The van der Waals surface area contributed by atoms with Crippen LogP contribution in [0.15, 0.2) is 10.2 Å². The van der Waals surface area contributed by atoms with Gasteiger partial charge in [-0.1, -0.05) is 0 Å². The third kappa shape index (κ3) is 12.1. The average Bonchev–Trinajstić information content (AvgIpc) is 2.21. The summed E-state index contributed by atoms with van der Waals surface area (Å²) in [5.74, 6) is 6.32. The Morgan fingerprint density at radius 2 is 1.86 bits per heavy atom. The van der Waals surface area contributed by atoms with Gasteiger partial charge in [0.1, 0.15) is 0 Å². The summed E-state index contributed by atoms with van der Waals surface area (Å²) in [7, 11) is 0. The van der Waals surface area contributed by atoms with Crippen LogP contribution in [0.2, 0.25) is 4.47 Å². The minimum atomic E-state index is 0.145. The Hall–Kier alpha value is 0.0896. The van der Waals surface area contributed by atoms with Crippen LogP contribution in [-0.2, 0) is 0 Å². The molecule has 0 fully saturated rings. The van der Waals surface area contributed by atoms with Crippen molar-refractivity contribution in [2.24, 2.45) is 0 Å². The van der Waals surface area contributed by atoms with E-state index in [1.165, 1.54) is 36.6 Å². The van der Waals surface area contributed by atoms with Crippen molar-refractivity contribution in [1.82, 2.24) is 0 Å². The van der Waals surface area contributed by atoms with Crippen LogP contribution < -0.4 is 0 Å². The predicted octanol–water partition coefficient (Wildman–Crippen LogP) is 4.01. The molecular formula is C13H22Te. The van der Waals surface area contributed by atoms with Gasteiger partial charge in [0, 0.05) is 0 Å². The second kappa shape index (κ2) is 13.1. The molecule has 0 spiro atoms. The molecule has 1 heteroatoms. The van der Waals surface area contributed by atoms with Crippen LogP contribution in [0, 0.1) is 11.8 Å². The van der Waals surface area contributed by atoms with Crippen LogP contribution in [0.25, 0.3) is 0 Å². The maximum absolute atomic E-state index is 3.20. The Labute approximate surface area is 99.6 Å². The van der Waals surface area contributed by atoms with Gasteiger partial charge in [0.25, 0.3) is 0 Å². The zero-order chi connectivity index (χ0) is 10.5. The Morgan fingerprint density at radius 1 is 1.07 bits per heavy atom. The standard InChI is InChI=1S/C13H22Te/c1-3-5-7-8-9-10-11-13-14-12-6-4-2/h11,13H,3-8,12H2,1-2H3/b13-11-. The van der Waals surface area contributed by atoms with E-state index in [-0.39, 0.29) is 20.9 Å². The minimum absolute atomic E-state index is 0.145. The number of allylic oxidation sites excluding steroid dienone is 1. The number of rotatable bonds is 7. The molecule has 0 amide bonds. The first kappa shape index (κ1) is 14.1. The second-order valence-corrected chi connectivity index (χ2v) is 6.20. The zero-order valence-corrected chi connectivity index (χ0v) is 11.8. The monoisotopic (exact) mass is 308 g/mol. The van der Waals surface area contributed by atoms with E-state index < -0.39 is 0 Å². The summed E-state index contributed by atoms with van der Waals surface area (Å²) in [6, 6.07) is 0. The molecule has 0 saturated heterocycles. The summed E-state index contributed by atoms with van der Waals surface area (Å²) in [5, 5.41) is 0. The Morgan fingerprint density at radius 3 is 2.57 bits per heavy atom. The van der Waals surface area contributed by atoms with E-state index in [4.69, 9.17) is 0 Å². The molecule has 0 aromatic heterocycles. The van der Waals surface area contributed by atoms with Crippen LogP contribution in [0.3, 0.4) is 0 Å². The van der Waals surface area contributed by atoms with E-state index in [2.05, 4.69) is 35.9 Å². The van der Waals surface area contributed by atoms with Gasteiger partial charge in [0.2, 0.25) is 0 Å². The second-order valence-electron chi connectivity index (χ2n) is 3.31. The summed E-state index contributed by atoms with van der Waals surface area (Å²) < 4.78 is 3.77. The molecule has 0 bridgehead atoms. The third-order valence-electron chi connectivity index (χ3n) is 1.87. The fraction of sp³-hybridized carbons (Fsp3) is 0.692. The molecule has 0 aliphatic heterocycles. The van der Waals surface area contributed by atoms with Crippen LogP contribution in [-0.4, -0.2) is 20.9 Å². The quantitative estimate of drug-likeness (QED) is 0.379. The van der Waals surface area contributed by atoms with Crippen molar-refractivity contribution in [2.45, 2.75) is 56.8 Å². The fourth-order valence-electron chi connectivity index (χ4n) is 0.972. The van der Waals surface area contributed by atoms with Gasteiger partial charge < -0.3 is 0 Å². The van der Waals surface area contributed by atoms with E-state index in [1.54, 1.807) is 0 Å². The average molecular weight is 306 g/mol. The van der Waals surface area contributed by atoms with Crippen LogP contribution >= 0.6 is 0 Å². The van der Waals surface area contributed by atoms with Gasteiger partial charge in [-0.25, -0.2) is 0 Å². The summed E-state index contributed by atoms with van der Waals surface area (Å²) in [6.07, 6.45) is 9.77. The van der Waals surface area contributed by atoms with Crippen molar-refractivity contribution in [1.29, 1.82) is 0 Å². The van der Waals surface area contributed by atoms with Crippen LogP contribution in [0.5, 0.6) is 0 Å². The molecule has 0 aromatic carbocycles. The SMILES string of the molecule is CCCCCC#C/C=C\[Te]CCCC. The van der Waals surface area contributed by atoms with Gasteiger partial charge in [-0.05, 0) is 0 Å². The first-order valence-corrected chi connectivity index (χ1v) is 8.66. The summed E-state index contributed by atoms with van der Waals surface area (Å²) in [6.45, 7) is 4.48. The Bertz CT molecular complexity index is 183. The molecule has 0 aromatic rings. The van der Waals surface area contributed by atoms with E-state index in [0.29, 0.717) is 0 Å². The van der Waals surface area contributed by atoms with Crippen molar-refractivity contribution < 1.29 is 0 Å². The molecule has 0 aliphatic rings. The molecule has 0 atom stereocenters. The molecule has 80 valence electrons. The zero-order valence-electron chi connectivity index (χ0n) is 9.51. The topological polar surface area (TPSA) is 0 Å². The summed E-state index contributed by atoms with van der Waals surface area (Å²) >= 11 is 0.145. The van der Waals surface area contributed by atoms with Gasteiger partial charge in [0.15, 0.2) is 0 Å². The van der Waals surface area contributed by atoms with E-state index in [1.807, 2.05) is 0 Å². The van der Waals surface area contributed by atoms with Gasteiger partial charge in [-0.15, -0.1) is 0 Å². The first-order valence-electron chi connectivity index (χ1n) is 5.66. The molecule has 0 radical (unpaired) electrons. The van der Waals surface area contributed by atoms with Crippen molar-refractivity contribution in [3.05, 3.63) is 10.2 Å². The van der Waals surface area contributed by atoms with E-state index >= 15 is 0 Å². The van der Waals surface area contributed by atoms with E-state index in [9.17, 15) is 0 Å². The van der Waals surface area contributed by atoms with Crippen molar-refractivity contribution >= 4 is 20.9 Å². The first-order chi connectivity index (χ1) is 6.91. The van der Waals surface area contributed by atoms with Crippen molar-refractivity contribution in [3.63, 3.8) is 0 Å². The molecule has 0 N–H and O–H groups in total. The van der Waals surface area contributed by atoms with Gasteiger partial charge >= 0.3 is 99.8 Å². The molecular weight excluding hydrogens is 284 g/mol. The number of unbranched alkanes of at least 4 members (excludes halogenated alkanes) is 4. The summed E-state index contributed by atoms with van der Waals surface area (Å²) in [5.41, 5.74) is 0. The third-order valence-corrected chi connectivity index (χ3v) is 4.31. The molecule has 0 heterocycles. The number of hydrogen-bond donors (Lipinski definition) is 0. The Balaban J connectivity index is 3.22. The van der Waals surface area contributed by atoms with E-state index in [0.717, 1.165) is 6.42 Å². The van der Waals surface area contributed by atoms with Gasteiger partial charge in [0.05, 0.1) is 0 Å². The van der Waals surface area contributed by atoms with Crippen LogP contribution in [0.4, 0.5) is 0 Å². The Kier molecular flexibility index (Phi) is 13.2. The molecule has 0 nitrogen and oxygen atoms in total. The van der Waals surface area contributed by atoms with Gasteiger partial charge in [-0.2, -0.15) is 0 Å². The molecule has 0 unspecified atom stereocenters. The number of hydrogen-bond acceptors (Lipinski definition) is 0. The molecule has 0 aliphatic carbocycles. The fourth-order valence-corrected chi connectivity index (χ4v) is 3.13. The predicted molar refractivity (Wildman–Crippen MR) is 66.5 cm³/mol. The summed E-state index contributed by atoms with van der Waals surface area (Å²) in [4.78, 5) is 0. The molecule has 0 rings (SSSR count). The van der Waals surface area contributed by atoms with Crippen LogP contribution in [0.1, 0.15) is 52.4 Å². The van der Waals surface area contributed by atoms with Crippen molar-refractivity contribution in [3.8, 4) is 11.8 Å². The molecule has 0 saturated carbocycles. The van der Waals surface area contributed by atoms with Crippen molar-refractivity contribution in [2.75, 3.05) is 0 Å². The normalized spacial score (nSPS) is 10.1. The molecule has 14 heavy (non-hydrogen) atoms. The van der Waals surface area contributed by atoms with Gasteiger partial charge in [-0.3, -0.25) is 0 Å². The maximum atomic E-state index is 3.20.